The molecule has 7 heteroatoms. The number of carbonyl (C=O) groups is 1. The first kappa shape index (κ1) is 21.9. The number of carboxylic acid groups (broad SMARTS) is 1. The van der Waals surface area contributed by atoms with Crippen LogP contribution in [-0.2, 0) is 16.8 Å². The number of aliphatic hydroxyl groups excluding tert-OH is 1. The molecule has 2 aromatic rings. The second-order valence-electron chi connectivity index (χ2n) is 9.70. The lowest BCUT2D eigenvalue weighted by Gasteiger charge is -2.40. The third-order valence-electron chi connectivity index (χ3n) is 7.50. The van der Waals surface area contributed by atoms with E-state index >= 15 is 0 Å². The zero-order chi connectivity index (χ0) is 22.5. The molecule has 1 aromatic carbocycles. The molecule has 3 fully saturated rings. The van der Waals surface area contributed by atoms with Gasteiger partial charge in [-0.1, -0.05) is 13.0 Å². The van der Waals surface area contributed by atoms with E-state index in [1.807, 2.05) is 6.92 Å². The first-order valence-electron chi connectivity index (χ1n) is 11.7. The van der Waals surface area contributed by atoms with Crippen molar-refractivity contribution in [3.05, 3.63) is 45.4 Å². The minimum Gasteiger partial charge on any atom is -0.493 e. The molecule has 0 radical (unpaired) electrons. The van der Waals surface area contributed by atoms with Crippen LogP contribution >= 0.6 is 11.3 Å². The number of rotatable bonds is 7. The number of hydrogen-bond donors (Lipinski definition) is 2. The molecule has 0 unspecified atom stereocenters. The molecule has 0 amide bonds. The lowest BCUT2D eigenvalue weighted by molar-refractivity contribution is -0.145. The highest BCUT2D eigenvalue weighted by Gasteiger charge is 2.51. The Kier molecular flexibility index (Phi) is 5.76. The van der Waals surface area contributed by atoms with Crippen LogP contribution in [-0.4, -0.2) is 40.0 Å². The minimum atomic E-state index is -1.02. The van der Waals surface area contributed by atoms with Crippen molar-refractivity contribution in [3.63, 3.8) is 0 Å². The van der Waals surface area contributed by atoms with Crippen LogP contribution in [0.1, 0.15) is 78.5 Å². The highest BCUT2D eigenvalue weighted by atomic mass is 32.1. The molecule has 2 N–H and O–H groups in total. The average molecular weight is 458 g/mol. The molecule has 1 aliphatic heterocycles. The van der Waals surface area contributed by atoms with Gasteiger partial charge in [0.05, 0.1) is 18.8 Å². The Bertz CT molecular complexity index is 1000. The van der Waals surface area contributed by atoms with E-state index in [1.54, 1.807) is 5.38 Å². The summed E-state index contributed by atoms with van der Waals surface area (Å²) in [4.78, 5) is 15.5. The zero-order valence-electron chi connectivity index (χ0n) is 18.6. The summed E-state index contributed by atoms with van der Waals surface area (Å²) in [6.07, 6.45) is 5.27. The number of benzene rings is 1. The first-order chi connectivity index (χ1) is 15.4. The molecule has 32 heavy (non-hydrogen) atoms. The maximum atomic E-state index is 11.2. The van der Waals surface area contributed by atoms with E-state index in [1.165, 1.54) is 35.3 Å². The van der Waals surface area contributed by atoms with Gasteiger partial charge in [-0.2, -0.15) is 0 Å². The van der Waals surface area contributed by atoms with Crippen LogP contribution in [0, 0.1) is 11.8 Å². The van der Waals surface area contributed by atoms with Crippen molar-refractivity contribution in [1.29, 1.82) is 0 Å². The first-order valence-corrected chi connectivity index (χ1v) is 12.6. The van der Waals surface area contributed by atoms with E-state index in [2.05, 4.69) is 30.1 Å². The van der Waals surface area contributed by atoms with Crippen molar-refractivity contribution >= 4 is 17.3 Å². The molecule has 6 nitrogen and oxygen atoms in total. The number of ether oxygens (including phenoxy) is 2. The summed E-state index contributed by atoms with van der Waals surface area (Å²) in [5.74, 6) is 0.827. The smallest absolute Gasteiger partial charge is 0.355 e. The molecular weight excluding hydrogens is 426 g/mol. The van der Waals surface area contributed by atoms with E-state index in [4.69, 9.17) is 9.47 Å². The standard InChI is InChI=1S/C25H31NO5S/c1-3-14-6-7-16(10-18(14)15-4-5-15)30-12-19-17-8-9-25(2,31-22(17)11-21(19)27)24-26-20(13-32-24)23(28)29/h6-7,10,13,15,17,19,21-22,27H,3-5,8-9,11-12H2,1-2H3,(H,28,29)/t17-,19-,21-,22+,25-/m1/s1. The SMILES string of the molecule is CCc1ccc(OC[C@@H]2[C@H]3CC[C@](C)(c4nc(C(=O)O)cs4)O[C@H]3C[C@H]2O)cc1C1CC1. The molecule has 1 saturated heterocycles. The van der Waals surface area contributed by atoms with Crippen molar-refractivity contribution in [2.45, 2.75) is 76.1 Å². The molecule has 5 atom stereocenters. The summed E-state index contributed by atoms with van der Waals surface area (Å²) in [6.45, 7) is 4.67. The third-order valence-corrected chi connectivity index (χ3v) is 8.58. The highest BCUT2D eigenvalue weighted by molar-refractivity contribution is 7.10. The average Bonchev–Trinajstić information content (AvgIpc) is 3.40. The predicted molar refractivity (Wildman–Crippen MR) is 121 cm³/mol. The van der Waals surface area contributed by atoms with E-state index in [0.29, 0.717) is 24.0 Å². The van der Waals surface area contributed by atoms with Crippen LogP contribution in [0.3, 0.4) is 0 Å². The number of aromatic nitrogens is 1. The maximum absolute atomic E-state index is 11.2. The van der Waals surface area contributed by atoms with Crippen molar-refractivity contribution < 1.29 is 24.5 Å². The van der Waals surface area contributed by atoms with Crippen LogP contribution in [0.5, 0.6) is 5.75 Å². The maximum Gasteiger partial charge on any atom is 0.355 e. The Hall–Kier alpha value is -1.96. The van der Waals surface area contributed by atoms with Crippen molar-refractivity contribution in [2.75, 3.05) is 6.61 Å². The number of fused-ring (bicyclic) bond motifs is 1. The molecule has 0 spiro atoms. The van der Waals surface area contributed by atoms with Gasteiger partial charge in [-0.25, -0.2) is 9.78 Å². The summed E-state index contributed by atoms with van der Waals surface area (Å²) in [5, 5.41) is 22.3. The van der Waals surface area contributed by atoms with Crippen molar-refractivity contribution in [2.24, 2.45) is 11.8 Å². The second-order valence-corrected chi connectivity index (χ2v) is 10.6. The number of aryl methyl sites for hydroxylation is 1. The fourth-order valence-electron chi connectivity index (χ4n) is 5.48. The Morgan fingerprint density at radius 3 is 2.84 bits per heavy atom. The van der Waals surface area contributed by atoms with Crippen molar-refractivity contribution in [3.8, 4) is 5.75 Å². The molecule has 2 saturated carbocycles. The number of carboxylic acids is 1. The van der Waals surface area contributed by atoms with Gasteiger partial charge in [0.2, 0.25) is 0 Å². The molecule has 3 aliphatic rings. The number of aliphatic hydroxyl groups is 1. The van der Waals surface area contributed by atoms with Crippen LogP contribution < -0.4 is 4.74 Å². The molecule has 2 aliphatic carbocycles. The van der Waals surface area contributed by atoms with Gasteiger partial charge in [0.15, 0.2) is 5.69 Å². The summed E-state index contributed by atoms with van der Waals surface area (Å²) in [5.41, 5.74) is 2.30. The molecule has 172 valence electrons. The largest absolute Gasteiger partial charge is 0.493 e. The lowest BCUT2D eigenvalue weighted by Crippen LogP contribution is -2.41. The van der Waals surface area contributed by atoms with Gasteiger partial charge in [-0.05, 0) is 74.1 Å². The van der Waals surface area contributed by atoms with E-state index in [-0.39, 0.29) is 23.6 Å². The van der Waals surface area contributed by atoms with Gasteiger partial charge in [-0.15, -0.1) is 11.3 Å². The Morgan fingerprint density at radius 2 is 2.16 bits per heavy atom. The summed E-state index contributed by atoms with van der Waals surface area (Å²) >= 11 is 1.33. The number of aromatic carboxylic acids is 1. The predicted octanol–water partition coefficient (Wildman–Crippen LogP) is 4.75. The molecular formula is C25H31NO5S. The Morgan fingerprint density at radius 1 is 1.34 bits per heavy atom. The van der Waals surface area contributed by atoms with Crippen LogP contribution in [0.25, 0.3) is 0 Å². The second kappa shape index (κ2) is 8.43. The summed E-state index contributed by atoms with van der Waals surface area (Å²) in [6, 6.07) is 6.44. The van der Waals surface area contributed by atoms with Gasteiger partial charge in [0, 0.05) is 17.7 Å². The van der Waals surface area contributed by atoms with Crippen molar-refractivity contribution in [1.82, 2.24) is 4.98 Å². The normalized spacial score (nSPS) is 32.0. The van der Waals surface area contributed by atoms with E-state index in [0.717, 1.165) is 25.0 Å². The lowest BCUT2D eigenvalue weighted by atomic mass is 9.83. The van der Waals surface area contributed by atoms with Crippen LogP contribution in [0.4, 0.5) is 0 Å². The van der Waals surface area contributed by atoms with Gasteiger partial charge in [0.1, 0.15) is 16.4 Å². The van der Waals surface area contributed by atoms with Crippen LogP contribution in [0.15, 0.2) is 23.6 Å². The quantitative estimate of drug-likeness (QED) is 0.624. The monoisotopic (exact) mass is 457 g/mol. The number of thiazole rings is 1. The Balaban J connectivity index is 1.25. The van der Waals surface area contributed by atoms with Crippen LogP contribution in [0.2, 0.25) is 0 Å². The highest BCUT2D eigenvalue weighted by Crippen LogP contribution is 2.49. The van der Waals surface area contributed by atoms with Gasteiger partial charge in [0.25, 0.3) is 0 Å². The topological polar surface area (TPSA) is 88.9 Å². The van der Waals surface area contributed by atoms with Gasteiger partial charge < -0.3 is 19.7 Å². The molecule has 5 rings (SSSR count). The summed E-state index contributed by atoms with van der Waals surface area (Å²) in [7, 11) is 0. The fourth-order valence-corrected chi connectivity index (χ4v) is 6.41. The number of hydrogen-bond acceptors (Lipinski definition) is 6. The van der Waals surface area contributed by atoms with Gasteiger partial charge >= 0.3 is 5.97 Å². The minimum absolute atomic E-state index is 0.0330. The zero-order valence-corrected chi connectivity index (χ0v) is 19.4. The molecule has 1 aromatic heterocycles. The van der Waals surface area contributed by atoms with Gasteiger partial charge in [-0.3, -0.25) is 0 Å². The third kappa shape index (κ3) is 4.06. The van der Waals surface area contributed by atoms with E-state index in [9.17, 15) is 15.0 Å². The molecule has 2 heterocycles. The summed E-state index contributed by atoms with van der Waals surface area (Å²) < 4.78 is 12.7. The Labute approximate surface area is 192 Å². The number of nitrogens with zero attached hydrogens (tertiary/aromatic N) is 1. The molecule has 0 bridgehead atoms. The fraction of sp³-hybridized carbons (Fsp3) is 0.600. The van der Waals surface area contributed by atoms with E-state index < -0.39 is 17.7 Å².